The van der Waals surface area contributed by atoms with Crippen LogP contribution < -0.4 is 9.47 Å². The van der Waals surface area contributed by atoms with Gasteiger partial charge >= 0.3 is 11.9 Å². The molecule has 7 heteroatoms. The summed E-state index contributed by atoms with van der Waals surface area (Å²) in [6, 6.07) is 4.45. The highest BCUT2D eigenvalue weighted by Gasteiger charge is 2.66. The summed E-state index contributed by atoms with van der Waals surface area (Å²) in [4.78, 5) is 27.7. The molecular formula is C23H27NO6. The molecule has 1 aromatic rings. The standard InChI is InChI=1S/C23H27NO6/c1-24-10-9-23-14-7-6-13(17(21(25)28-3)22(26)29-4)20(23)30-19-16(27-2)8-5-12(18(19)23)11-15(14)24/h5-8,13-15,17,20H,9-11H2,1-4H3/t13-,14-,15+,20-,23-/m0/s1. The molecule has 0 unspecified atom stereocenters. The minimum absolute atomic E-state index is 0.245. The monoisotopic (exact) mass is 413 g/mol. The fraction of sp³-hybridized carbons (Fsp3) is 0.565. The Morgan fingerprint density at radius 3 is 2.57 bits per heavy atom. The lowest BCUT2D eigenvalue weighted by Gasteiger charge is -2.57. The maximum atomic E-state index is 12.6. The molecule has 0 radical (unpaired) electrons. The average molecular weight is 413 g/mol. The highest BCUT2D eigenvalue weighted by atomic mass is 16.5. The third-order valence-corrected chi connectivity index (χ3v) is 7.71. The molecule has 0 aromatic heterocycles. The van der Waals surface area contributed by atoms with Gasteiger partial charge in [-0.1, -0.05) is 18.2 Å². The highest BCUT2D eigenvalue weighted by Crippen LogP contribution is 2.64. The molecule has 1 spiro atoms. The Kier molecular flexibility index (Phi) is 4.36. The normalized spacial score (nSPS) is 33.0. The van der Waals surface area contributed by atoms with Gasteiger partial charge in [-0.05, 0) is 38.1 Å². The molecule has 5 rings (SSSR count). The molecule has 5 atom stereocenters. The van der Waals surface area contributed by atoms with Crippen molar-refractivity contribution in [3.63, 3.8) is 0 Å². The molecule has 0 amide bonds. The van der Waals surface area contributed by atoms with Gasteiger partial charge in [-0.15, -0.1) is 0 Å². The number of carbonyl (C=O) groups is 2. The number of likely N-dealkylation sites (N-methyl/N-ethyl adjacent to an activating group) is 1. The van der Waals surface area contributed by atoms with E-state index in [-0.39, 0.29) is 17.4 Å². The zero-order chi connectivity index (χ0) is 21.2. The number of ether oxygens (including phenoxy) is 4. The Morgan fingerprint density at radius 2 is 1.90 bits per heavy atom. The van der Waals surface area contributed by atoms with Gasteiger partial charge in [-0.3, -0.25) is 9.59 Å². The first-order valence-corrected chi connectivity index (χ1v) is 10.4. The van der Waals surface area contributed by atoms with E-state index in [0.29, 0.717) is 11.8 Å². The lowest BCUT2D eigenvalue weighted by atomic mass is 9.51. The van der Waals surface area contributed by atoms with Crippen molar-refractivity contribution in [2.24, 2.45) is 17.8 Å². The summed E-state index contributed by atoms with van der Waals surface area (Å²) < 4.78 is 22.2. The first-order chi connectivity index (χ1) is 14.5. The van der Waals surface area contributed by atoms with Crippen molar-refractivity contribution in [3.05, 3.63) is 35.4 Å². The summed E-state index contributed by atoms with van der Waals surface area (Å²) in [6.07, 6.45) is 5.64. The second-order valence-corrected chi connectivity index (χ2v) is 8.72. The van der Waals surface area contributed by atoms with Gasteiger partial charge in [0.05, 0.1) is 21.3 Å². The average Bonchev–Trinajstić information content (AvgIpc) is 3.11. The summed E-state index contributed by atoms with van der Waals surface area (Å²) in [5.41, 5.74) is 2.17. The van der Waals surface area contributed by atoms with E-state index >= 15 is 0 Å². The lowest BCUT2D eigenvalue weighted by Crippen LogP contribution is -2.65. The molecule has 0 saturated carbocycles. The molecule has 0 N–H and O–H groups in total. The zero-order valence-electron chi connectivity index (χ0n) is 17.7. The van der Waals surface area contributed by atoms with Gasteiger partial charge in [0, 0.05) is 28.9 Å². The number of esters is 2. The topological polar surface area (TPSA) is 74.3 Å². The SMILES string of the molecule is COC(=O)C(C(=O)OC)[C@@H]1C=C[C@H]2[C@H]3Cc4ccc(OC)c5c4[C@@]2(CCN3C)[C@H]1O5. The molecule has 160 valence electrons. The van der Waals surface area contributed by atoms with E-state index in [4.69, 9.17) is 18.9 Å². The molecule has 2 bridgehead atoms. The summed E-state index contributed by atoms with van der Waals surface area (Å²) in [5, 5.41) is 0. The second-order valence-electron chi connectivity index (χ2n) is 8.72. The molecule has 2 aliphatic carbocycles. The van der Waals surface area contributed by atoms with Crippen LogP contribution in [0.15, 0.2) is 24.3 Å². The molecule has 1 saturated heterocycles. The minimum Gasteiger partial charge on any atom is -0.493 e. The van der Waals surface area contributed by atoms with Gasteiger partial charge in [0.1, 0.15) is 6.10 Å². The van der Waals surface area contributed by atoms with Crippen LogP contribution in [-0.4, -0.2) is 63.9 Å². The number of carbonyl (C=O) groups excluding carboxylic acids is 2. The molecule has 4 aliphatic rings. The zero-order valence-corrected chi connectivity index (χ0v) is 17.7. The van der Waals surface area contributed by atoms with Crippen LogP contribution in [0.3, 0.4) is 0 Å². The number of hydrogen-bond acceptors (Lipinski definition) is 7. The van der Waals surface area contributed by atoms with E-state index in [9.17, 15) is 9.59 Å². The number of hydrogen-bond donors (Lipinski definition) is 0. The van der Waals surface area contributed by atoms with Crippen molar-refractivity contribution >= 4 is 11.9 Å². The van der Waals surface area contributed by atoms with Crippen LogP contribution in [0.1, 0.15) is 17.5 Å². The Labute approximate surface area is 175 Å². The number of methoxy groups -OCH3 is 3. The molecule has 1 aromatic carbocycles. The van der Waals surface area contributed by atoms with E-state index in [0.717, 1.165) is 25.1 Å². The number of benzene rings is 1. The van der Waals surface area contributed by atoms with Gasteiger partial charge in [-0.25, -0.2) is 0 Å². The third kappa shape index (κ3) is 2.30. The first-order valence-electron chi connectivity index (χ1n) is 10.4. The number of nitrogens with zero attached hydrogens (tertiary/aromatic N) is 1. The van der Waals surface area contributed by atoms with Crippen molar-refractivity contribution < 1.29 is 28.5 Å². The largest absolute Gasteiger partial charge is 0.493 e. The quantitative estimate of drug-likeness (QED) is 0.423. The predicted molar refractivity (Wildman–Crippen MR) is 107 cm³/mol. The predicted octanol–water partition coefficient (Wildman–Crippen LogP) is 1.72. The summed E-state index contributed by atoms with van der Waals surface area (Å²) >= 11 is 0. The molecular weight excluding hydrogens is 386 g/mol. The van der Waals surface area contributed by atoms with Gasteiger partial charge in [0.25, 0.3) is 0 Å². The molecule has 1 fully saturated rings. The molecule has 2 aliphatic heterocycles. The molecule has 2 heterocycles. The van der Waals surface area contributed by atoms with Crippen LogP contribution >= 0.6 is 0 Å². The van der Waals surface area contributed by atoms with E-state index in [1.54, 1.807) is 7.11 Å². The minimum atomic E-state index is -1.07. The van der Waals surface area contributed by atoms with Crippen LogP contribution in [0, 0.1) is 17.8 Å². The van der Waals surface area contributed by atoms with Crippen molar-refractivity contribution in [1.29, 1.82) is 0 Å². The van der Waals surface area contributed by atoms with Crippen molar-refractivity contribution in [2.75, 3.05) is 34.9 Å². The Hall–Kier alpha value is -2.54. The van der Waals surface area contributed by atoms with E-state index in [1.807, 2.05) is 12.1 Å². The van der Waals surface area contributed by atoms with Crippen molar-refractivity contribution in [3.8, 4) is 11.5 Å². The first kappa shape index (κ1) is 19.4. The fourth-order valence-electron chi connectivity index (χ4n) is 6.40. The fourth-order valence-corrected chi connectivity index (χ4v) is 6.40. The number of piperidine rings is 1. The Bertz CT molecular complexity index is 926. The maximum Gasteiger partial charge on any atom is 0.320 e. The third-order valence-electron chi connectivity index (χ3n) is 7.71. The second kappa shape index (κ2) is 6.74. The van der Waals surface area contributed by atoms with Crippen LogP contribution in [0.2, 0.25) is 0 Å². The van der Waals surface area contributed by atoms with Crippen LogP contribution in [-0.2, 0) is 30.9 Å². The van der Waals surface area contributed by atoms with Gasteiger partial charge in [0.2, 0.25) is 0 Å². The highest BCUT2D eigenvalue weighted by molar-refractivity contribution is 5.95. The van der Waals surface area contributed by atoms with E-state index in [2.05, 4.69) is 24.1 Å². The van der Waals surface area contributed by atoms with E-state index < -0.39 is 23.8 Å². The van der Waals surface area contributed by atoms with Crippen molar-refractivity contribution in [2.45, 2.75) is 30.4 Å². The van der Waals surface area contributed by atoms with Gasteiger partial charge in [-0.2, -0.15) is 0 Å². The Balaban J connectivity index is 1.71. The number of rotatable bonds is 4. The van der Waals surface area contributed by atoms with E-state index in [1.165, 1.54) is 25.3 Å². The lowest BCUT2D eigenvalue weighted by molar-refractivity contribution is -0.163. The molecule has 7 nitrogen and oxygen atoms in total. The summed E-state index contributed by atoms with van der Waals surface area (Å²) in [6.45, 7) is 0.929. The Morgan fingerprint density at radius 1 is 1.17 bits per heavy atom. The summed E-state index contributed by atoms with van der Waals surface area (Å²) in [5.74, 6) is -1.05. The van der Waals surface area contributed by atoms with Crippen LogP contribution in [0.4, 0.5) is 0 Å². The molecule has 30 heavy (non-hydrogen) atoms. The van der Waals surface area contributed by atoms with Gasteiger partial charge < -0.3 is 23.8 Å². The van der Waals surface area contributed by atoms with Gasteiger partial charge in [0.15, 0.2) is 17.4 Å². The van der Waals surface area contributed by atoms with Crippen molar-refractivity contribution in [1.82, 2.24) is 4.90 Å². The maximum absolute atomic E-state index is 12.6. The van der Waals surface area contributed by atoms with Crippen LogP contribution in [0.25, 0.3) is 0 Å². The summed E-state index contributed by atoms with van der Waals surface area (Å²) in [7, 11) is 6.40. The van der Waals surface area contributed by atoms with Crippen LogP contribution in [0.5, 0.6) is 11.5 Å². The number of likely N-dealkylation sites (tertiary alicyclic amines) is 1. The smallest absolute Gasteiger partial charge is 0.320 e.